The van der Waals surface area contributed by atoms with Crippen LogP contribution in [0.3, 0.4) is 0 Å². The van der Waals surface area contributed by atoms with Gasteiger partial charge in [-0.25, -0.2) is 0 Å². The van der Waals surface area contributed by atoms with Crippen LogP contribution in [-0.4, -0.2) is 37.7 Å². The molecule has 1 atom stereocenters. The Kier molecular flexibility index (Phi) is 5.23. The van der Waals surface area contributed by atoms with Gasteiger partial charge >= 0.3 is 0 Å². The molecule has 0 aromatic heterocycles. The van der Waals surface area contributed by atoms with Crippen LogP contribution in [0.1, 0.15) is 25.3 Å². The van der Waals surface area contributed by atoms with E-state index in [4.69, 9.17) is 10.5 Å². The van der Waals surface area contributed by atoms with E-state index in [1.807, 2.05) is 12.1 Å². The number of hydrogen-bond donors (Lipinski definition) is 1. The van der Waals surface area contributed by atoms with Crippen LogP contribution in [0.4, 0.5) is 5.69 Å². The maximum Gasteiger partial charge on any atom is 0.0589 e. The van der Waals surface area contributed by atoms with Gasteiger partial charge in [-0.15, -0.1) is 0 Å². The number of anilines is 1. The zero-order valence-electron chi connectivity index (χ0n) is 12.1. The number of ether oxygens (including phenoxy) is 1. The van der Waals surface area contributed by atoms with Crippen LogP contribution in [0.2, 0.25) is 0 Å². The summed E-state index contributed by atoms with van der Waals surface area (Å²) in [5.41, 5.74) is 8.01. The molecule has 0 saturated heterocycles. The Morgan fingerprint density at radius 1 is 1.37 bits per heavy atom. The van der Waals surface area contributed by atoms with Crippen molar-refractivity contribution >= 4 is 5.69 Å². The van der Waals surface area contributed by atoms with Gasteiger partial charge < -0.3 is 10.5 Å². The third kappa shape index (κ3) is 4.51. The van der Waals surface area contributed by atoms with Crippen LogP contribution >= 0.6 is 0 Å². The monoisotopic (exact) mass is 262 g/mol. The van der Waals surface area contributed by atoms with Gasteiger partial charge in [-0.3, -0.25) is 4.90 Å². The molecule has 2 N–H and O–H groups in total. The molecule has 0 radical (unpaired) electrons. The summed E-state index contributed by atoms with van der Waals surface area (Å²) in [7, 11) is 1.78. The number of nitrogens with two attached hydrogens (primary N) is 1. The minimum atomic E-state index is 0.677. The minimum absolute atomic E-state index is 0.677. The van der Waals surface area contributed by atoms with Crippen molar-refractivity contribution in [3.63, 3.8) is 0 Å². The van der Waals surface area contributed by atoms with E-state index in [-0.39, 0.29) is 0 Å². The van der Waals surface area contributed by atoms with Crippen LogP contribution in [0, 0.1) is 5.92 Å². The fourth-order valence-corrected chi connectivity index (χ4v) is 2.63. The summed E-state index contributed by atoms with van der Waals surface area (Å²) in [6.45, 7) is 5.28. The summed E-state index contributed by atoms with van der Waals surface area (Å²) in [6, 6.07) is 8.90. The van der Waals surface area contributed by atoms with Crippen LogP contribution in [-0.2, 0) is 11.2 Å². The van der Waals surface area contributed by atoms with E-state index in [0.29, 0.717) is 6.04 Å². The lowest BCUT2D eigenvalue weighted by molar-refractivity contribution is 0.118. The average Bonchev–Trinajstić information content (AvgIpc) is 3.22. The highest BCUT2D eigenvalue weighted by Gasteiger charge is 2.31. The standard InChI is InChI=1S/C16H26N2O/c1-13(15-6-7-15)18(10-11-19-2)9-8-14-4-3-5-16(17)12-14/h3-5,12-13,15H,6-11,17H2,1-2H3. The van der Waals surface area contributed by atoms with Gasteiger partial charge in [-0.05, 0) is 49.8 Å². The van der Waals surface area contributed by atoms with Gasteiger partial charge in [0.2, 0.25) is 0 Å². The summed E-state index contributed by atoms with van der Waals surface area (Å²) < 4.78 is 5.23. The molecule has 1 unspecified atom stereocenters. The molecule has 1 saturated carbocycles. The number of rotatable bonds is 8. The van der Waals surface area contributed by atoms with Crippen molar-refractivity contribution in [2.45, 2.75) is 32.2 Å². The third-order valence-corrected chi connectivity index (χ3v) is 4.10. The Hall–Kier alpha value is -1.06. The molecule has 0 spiro atoms. The second-order valence-electron chi connectivity index (χ2n) is 5.60. The first-order valence-electron chi connectivity index (χ1n) is 7.28. The largest absolute Gasteiger partial charge is 0.399 e. The summed E-state index contributed by atoms with van der Waals surface area (Å²) in [5.74, 6) is 0.901. The molecular weight excluding hydrogens is 236 g/mol. The lowest BCUT2D eigenvalue weighted by atomic mass is 10.1. The summed E-state index contributed by atoms with van der Waals surface area (Å²) in [6.07, 6.45) is 3.84. The Morgan fingerprint density at radius 3 is 2.79 bits per heavy atom. The van der Waals surface area contributed by atoms with E-state index in [0.717, 1.165) is 37.7 Å². The van der Waals surface area contributed by atoms with E-state index in [1.54, 1.807) is 7.11 Å². The molecular formula is C16H26N2O. The van der Waals surface area contributed by atoms with Gasteiger partial charge in [0.1, 0.15) is 0 Å². The fraction of sp³-hybridized carbons (Fsp3) is 0.625. The highest BCUT2D eigenvalue weighted by atomic mass is 16.5. The molecule has 2 rings (SSSR count). The quantitative estimate of drug-likeness (QED) is 0.732. The van der Waals surface area contributed by atoms with Crippen molar-refractivity contribution in [3.05, 3.63) is 29.8 Å². The van der Waals surface area contributed by atoms with E-state index in [1.165, 1.54) is 18.4 Å². The number of nitrogens with zero attached hydrogens (tertiary/aromatic N) is 1. The molecule has 0 aliphatic heterocycles. The summed E-state index contributed by atoms with van der Waals surface area (Å²) in [4.78, 5) is 2.56. The topological polar surface area (TPSA) is 38.5 Å². The maximum atomic E-state index is 5.83. The Morgan fingerprint density at radius 2 is 2.16 bits per heavy atom. The molecule has 106 valence electrons. The molecule has 1 aromatic carbocycles. The molecule has 3 heteroatoms. The Labute approximate surface area is 116 Å². The number of nitrogen functional groups attached to an aromatic ring is 1. The van der Waals surface area contributed by atoms with E-state index < -0.39 is 0 Å². The molecule has 1 aliphatic carbocycles. The molecule has 3 nitrogen and oxygen atoms in total. The molecule has 1 fully saturated rings. The van der Waals surface area contributed by atoms with Gasteiger partial charge in [0.05, 0.1) is 6.61 Å². The van der Waals surface area contributed by atoms with E-state index in [2.05, 4.69) is 24.0 Å². The summed E-state index contributed by atoms with van der Waals surface area (Å²) in [5, 5.41) is 0. The number of benzene rings is 1. The van der Waals surface area contributed by atoms with Crippen molar-refractivity contribution in [1.29, 1.82) is 0 Å². The number of methoxy groups -OCH3 is 1. The first-order valence-corrected chi connectivity index (χ1v) is 7.28. The highest BCUT2D eigenvalue weighted by molar-refractivity contribution is 5.40. The second kappa shape index (κ2) is 6.92. The van der Waals surface area contributed by atoms with Crippen LogP contribution in [0.5, 0.6) is 0 Å². The second-order valence-corrected chi connectivity index (χ2v) is 5.60. The Bertz CT molecular complexity index is 390. The maximum absolute atomic E-state index is 5.83. The van der Waals surface area contributed by atoms with Crippen LogP contribution < -0.4 is 5.73 Å². The SMILES string of the molecule is COCCN(CCc1cccc(N)c1)C(C)C1CC1. The third-order valence-electron chi connectivity index (χ3n) is 4.10. The van der Waals surface area contributed by atoms with E-state index in [9.17, 15) is 0 Å². The van der Waals surface area contributed by atoms with Gasteiger partial charge in [0, 0.05) is 31.9 Å². The fourth-order valence-electron chi connectivity index (χ4n) is 2.63. The van der Waals surface area contributed by atoms with Crippen molar-refractivity contribution in [2.75, 3.05) is 32.5 Å². The minimum Gasteiger partial charge on any atom is -0.399 e. The average molecular weight is 262 g/mol. The lowest BCUT2D eigenvalue weighted by Crippen LogP contribution is -2.38. The normalized spacial score (nSPS) is 16.8. The van der Waals surface area contributed by atoms with Crippen molar-refractivity contribution < 1.29 is 4.74 Å². The zero-order valence-corrected chi connectivity index (χ0v) is 12.1. The highest BCUT2D eigenvalue weighted by Crippen LogP contribution is 2.35. The molecule has 1 aromatic rings. The van der Waals surface area contributed by atoms with E-state index >= 15 is 0 Å². The molecule has 0 amide bonds. The van der Waals surface area contributed by atoms with Gasteiger partial charge in [-0.1, -0.05) is 12.1 Å². The summed E-state index contributed by atoms with van der Waals surface area (Å²) >= 11 is 0. The van der Waals surface area contributed by atoms with Gasteiger partial charge in [-0.2, -0.15) is 0 Å². The molecule has 0 heterocycles. The molecule has 1 aliphatic rings. The molecule has 0 bridgehead atoms. The lowest BCUT2D eigenvalue weighted by Gasteiger charge is -2.29. The van der Waals surface area contributed by atoms with Crippen LogP contribution in [0.25, 0.3) is 0 Å². The van der Waals surface area contributed by atoms with Crippen molar-refractivity contribution in [1.82, 2.24) is 4.90 Å². The predicted octanol–water partition coefficient (Wildman–Crippen LogP) is 2.56. The first kappa shape index (κ1) is 14.4. The Balaban J connectivity index is 1.87. The van der Waals surface area contributed by atoms with Gasteiger partial charge in [0.25, 0.3) is 0 Å². The van der Waals surface area contributed by atoms with Crippen molar-refractivity contribution in [3.8, 4) is 0 Å². The number of hydrogen-bond acceptors (Lipinski definition) is 3. The first-order chi connectivity index (χ1) is 9.20. The van der Waals surface area contributed by atoms with Crippen molar-refractivity contribution in [2.24, 2.45) is 5.92 Å². The van der Waals surface area contributed by atoms with Gasteiger partial charge in [0.15, 0.2) is 0 Å². The molecule has 19 heavy (non-hydrogen) atoms. The zero-order chi connectivity index (χ0) is 13.7. The predicted molar refractivity (Wildman–Crippen MR) is 80.2 cm³/mol. The van der Waals surface area contributed by atoms with Crippen LogP contribution in [0.15, 0.2) is 24.3 Å². The smallest absolute Gasteiger partial charge is 0.0589 e.